The number of amides is 1. The van der Waals surface area contributed by atoms with Gasteiger partial charge in [0.05, 0.1) is 30.4 Å². The van der Waals surface area contributed by atoms with Crippen LogP contribution >= 0.6 is 11.6 Å². The van der Waals surface area contributed by atoms with Gasteiger partial charge in [0.1, 0.15) is 17.3 Å². The molecule has 0 aromatic heterocycles. The summed E-state index contributed by atoms with van der Waals surface area (Å²) >= 11 is 6.11. The Kier molecular flexibility index (Phi) is 8.00. The molecular formula is C25H29ClN2O5. The van der Waals surface area contributed by atoms with Crippen molar-refractivity contribution in [1.82, 2.24) is 9.80 Å². The predicted molar refractivity (Wildman–Crippen MR) is 128 cm³/mol. The van der Waals surface area contributed by atoms with E-state index in [1.54, 1.807) is 18.2 Å². The number of likely N-dealkylation sites (N-methyl/N-ethyl adjacent to an activating group) is 1. The van der Waals surface area contributed by atoms with Crippen molar-refractivity contribution in [2.75, 3.05) is 40.9 Å². The molecule has 0 bridgehead atoms. The first-order valence-electron chi connectivity index (χ1n) is 10.8. The largest absolute Gasteiger partial charge is 0.507 e. The Morgan fingerprint density at radius 2 is 1.85 bits per heavy atom. The summed E-state index contributed by atoms with van der Waals surface area (Å²) in [6.07, 6.45) is 0.886. The molecule has 1 fully saturated rings. The molecule has 1 aliphatic heterocycles. The SMILES string of the molecule is CCCOc1ccc(C2/C(=C(/O)c3ccc(Cl)c(OC)c3)C(=O)C(=O)N2CCN(C)C)cc1. The molecule has 1 heterocycles. The van der Waals surface area contributed by atoms with Gasteiger partial charge in [-0.05, 0) is 56.4 Å². The molecule has 0 radical (unpaired) electrons. The molecule has 3 rings (SSSR count). The summed E-state index contributed by atoms with van der Waals surface area (Å²) in [6.45, 7) is 3.52. The zero-order valence-corrected chi connectivity index (χ0v) is 20.1. The van der Waals surface area contributed by atoms with Crippen molar-refractivity contribution in [3.63, 3.8) is 0 Å². The van der Waals surface area contributed by atoms with Crippen LogP contribution in [0.25, 0.3) is 5.76 Å². The average Bonchev–Trinajstić information content (AvgIpc) is 3.06. The minimum atomic E-state index is -0.730. The topological polar surface area (TPSA) is 79.3 Å². The number of aliphatic hydroxyl groups excluding tert-OH is 1. The molecule has 0 spiro atoms. The molecule has 2 aromatic rings. The fraction of sp³-hybridized carbons (Fsp3) is 0.360. The Balaban J connectivity index is 2.10. The lowest BCUT2D eigenvalue weighted by Gasteiger charge is -2.26. The third kappa shape index (κ3) is 5.31. The van der Waals surface area contributed by atoms with Crippen molar-refractivity contribution in [2.24, 2.45) is 0 Å². The zero-order chi connectivity index (χ0) is 24.1. The van der Waals surface area contributed by atoms with E-state index in [0.717, 1.165) is 6.42 Å². The number of nitrogens with zero attached hydrogens (tertiary/aromatic N) is 2. The summed E-state index contributed by atoms with van der Waals surface area (Å²) < 4.78 is 10.9. The Bertz CT molecular complexity index is 1050. The zero-order valence-electron chi connectivity index (χ0n) is 19.3. The van der Waals surface area contributed by atoms with E-state index in [0.29, 0.717) is 47.3 Å². The van der Waals surface area contributed by atoms with Crippen LogP contribution in [0.3, 0.4) is 0 Å². The fourth-order valence-corrected chi connectivity index (χ4v) is 3.89. The van der Waals surface area contributed by atoms with Crippen LogP contribution in [0.15, 0.2) is 48.0 Å². The molecule has 1 aliphatic rings. The molecule has 1 amide bonds. The quantitative estimate of drug-likeness (QED) is 0.336. The van der Waals surface area contributed by atoms with E-state index >= 15 is 0 Å². The smallest absolute Gasteiger partial charge is 0.295 e. The first-order chi connectivity index (χ1) is 15.8. The van der Waals surface area contributed by atoms with E-state index in [9.17, 15) is 14.7 Å². The number of hydrogen-bond donors (Lipinski definition) is 1. The normalized spacial score (nSPS) is 17.6. The van der Waals surface area contributed by atoms with E-state index in [4.69, 9.17) is 21.1 Å². The van der Waals surface area contributed by atoms with Crippen molar-refractivity contribution in [3.05, 3.63) is 64.2 Å². The molecule has 8 heteroatoms. The van der Waals surface area contributed by atoms with Gasteiger partial charge in [0.25, 0.3) is 11.7 Å². The van der Waals surface area contributed by atoms with Crippen molar-refractivity contribution >= 4 is 29.1 Å². The predicted octanol–water partition coefficient (Wildman–Crippen LogP) is 4.12. The van der Waals surface area contributed by atoms with Gasteiger partial charge < -0.3 is 24.4 Å². The second kappa shape index (κ2) is 10.7. The van der Waals surface area contributed by atoms with Crippen LogP contribution in [0.2, 0.25) is 5.02 Å². The number of ether oxygens (including phenoxy) is 2. The number of Topliss-reactive ketones (excluding diaryl/α,β-unsaturated/α-hetero) is 1. The van der Waals surface area contributed by atoms with Gasteiger partial charge in [-0.3, -0.25) is 9.59 Å². The molecule has 1 N–H and O–H groups in total. The minimum Gasteiger partial charge on any atom is -0.507 e. The molecule has 1 unspecified atom stereocenters. The third-order valence-electron chi connectivity index (χ3n) is 5.42. The van der Waals surface area contributed by atoms with Gasteiger partial charge in [-0.15, -0.1) is 0 Å². The Morgan fingerprint density at radius 3 is 2.45 bits per heavy atom. The van der Waals surface area contributed by atoms with Crippen molar-refractivity contribution in [2.45, 2.75) is 19.4 Å². The number of ketones is 1. The van der Waals surface area contributed by atoms with E-state index in [1.165, 1.54) is 12.0 Å². The molecule has 2 aromatic carbocycles. The lowest BCUT2D eigenvalue weighted by molar-refractivity contribution is -0.140. The number of carbonyl (C=O) groups is 2. The van der Waals surface area contributed by atoms with Gasteiger partial charge in [0, 0.05) is 18.7 Å². The molecule has 33 heavy (non-hydrogen) atoms. The van der Waals surface area contributed by atoms with Crippen molar-refractivity contribution < 1.29 is 24.2 Å². The third-order valence-corrected chi connectivity index (χ3v) is 5.73. The highest BCUT2D eigenvalue weighted by atomic mass is 35.5. The molecule has 0 aliphatic carbocycles. The molecular weight excluding hydrogens is 444 g/mol. The number of rotatable bonds is 9. The maximum atomic E-state index is 13.1. The standard InChI is InChI=1S/C25H29ClN2O5/c1-5-14-33-18-9-6-16(7-10-18)22-21(24(30)25(31)28(22)13-12-27(2)3)23(29)17-8-11-19(26)20(15-17)32-4/h6-11,15,22,29H,5,12-14H2,1-4H3/b23-21-. The highest BCUT2D eigenvalue weighted by Gasteiger charge is 2.45. The second-order valence-corrected chi connectivity index (χ2v) is 8.47. The summed E-state index contributed by atoms with van der Waals surface area (Å²) in [7, 11) is 5.25. The molecule has 176 valence electrons. The van der Waals surface area contributed by atoms with E-state index < -0.39 is 17.7 Å². The maximum absolute atomic E-state index is 13.1. The lowest BCUT2D eigenvalue weighted by Crippen LogP contribution is -2.35. The van der Waals surface area contributed by atoms with Gasteiger partial charge in [-0.1, -0.05) is 30.7 Å². The summed E-state index contributed by atoms with van der Waals surface area (Å²) in [4.78, 5) is 29.5. The molecule has 0 saturated carbocycles. The van der Waals surface area contributed by atoms with Gasteiger partial charge in [-0.25, -0.2) is 0 Å². The highest BCUT2D eigenvalue weighted by molar-refractivity contribution is 6.46. The second-order valence-electron chi connectivity index (χ2n) is 8.06. The van der Waals surface area contributed by atoms with Gasteiger partial charge in [-0.2, -0.15) is 0 Å². The molecule has 7 nitrogen and oxygen atoms in total. The Morgan fingerprint density at radius 1 is 1.15 bits per heavy atom. The van der Waals surface area contributed by atoms with Crippen LogP contribution in [0, 0.1) is 0 Å². The summed E-state index contributed by atoms with van der Waals surface area (Å²) in [5.74, 6) is -0.580. The van der Waals surface area contributed by atoms with Crippen LogP contribution in [-0.4, -0.2) is 67.5 Å². The van der Waals surface area contributed by atoms with Crippen molar-refractivity contribution in [1.29, 1.82) is 0 Å². The number of aliphatic hydroxyl groups is 1. The highest BCUT2D eigenvalue weighted by Crippen LogP contribution is 2.40. The monoisotopic (exact) mass is 472 g/mol. The van der Waals surface area contributed by atoms with E-state index in [1.807, 2.05) is 50.2 Å². The number of benzene rings is 2. The summed E-state index contributed by atoms with van der Waals surface area (Å²) in [5.41, 5.74) is 1.08. The van der Waals surface area contributed by atoms with E-state index in [2.05, 4.69) is 0 Å². The molecule has 1 saturated heterocycles. The van der Waals surface area contributed by atoms with E-state index in [-0.39, 0.29) is 11.3 Å². The maximum Gasteiger partial charge on any atom is 0.295 e. The fourth-order valence-electron chi connectivity index (χ4n) is 3.69. The van der Waals surface area contributed by atoms with Crippen LogP contribution < -0.4 is 9.47 Å². The number of halogens is 1. The van der Waals surface area contributed by atoms with Gasteiger partial charge in [0.2, 0.25) is 0 Å². The summed E-state index contributed by atoms with van der Waals surface area (Å²) in [5, 5.41) is 11.5. The van der Waals surface area contributed by atoms with Crippen LogP contribution in [0.4, 0.5) is 0 Å². The number of hydrogen-bond acceptors (Lipinski definition) is 6. The average molecular weight is 473 g/mol. The number of methoxy groups -OCH3 is 1. The number of likely N-dealkylation sites (tertiary alicyclic amines) is 1. The summed E-state index contributed by atoms with van der Waals surface area (Å²) in [6, 6.07) is 11.2. The minimum absolute atomic E-state index is 0.0327. The van der Waals surface area contributed by atoms with Crippen LogP contribution in [-0.2, 0) is 9.59 Å². The number of carbonyl (C=O) groups excluding carboxylic acids is 2. The first-order valence-corrected chi connectivity index (χ1v) is 11.2. The van der Waals surface area contributed by atoms with Crippen molar-refractivity contribution in [3.8, 4) is 11.5 Å². The van der Waals surface area contributed by atoms with Gasteiger partial charge >= 0.3 is 0 Å². The Labute approximate surface area is 199 Å². The lowest BCUT2D eigenvalue weighted by atomic mass is 9.95. The Hall–Kier alpha value is -3.03. The molecule has 1 atom stereocenters. The van der Waals surface area contributed by atoms with Crippen LogP contribution in [0.1, 0.15) is 30.5 Å². The first kappa shape index (κ1) is 24.6. The van der Waals surface area contributed by atoms with Gasteiger partial charge in [0.15, 0.2) is 0 Å². The van der Waals surface area contributed by atoms with Crippen LogP contribution in [0.5, 0.6) is 11.5 Å².